The van der Waals surface area contributed by atoms with E-state index < -0.39 is 4.92 Å². The highest BCUT2D eigenvalue weighted by molar-refractivity contribution is 8.00. The number of nitrogens with zero attached hydrogens (tertiary/aromatic N) is 1. The third kappa shape index (κ3) is 4.49. The Morgan fingerprint density at radius 2 is 2.08 bits per heavy atom. The molecule has 2 aliphatic rings. The van der Waals surface area contributed by atoms with Crippen LogP contribution in [0.1, 0.15) is 12.8 Å². The molecule has 1 aromatic carbocycles. The van der Waals surface area contributed by atoms with E-state index in [2.05, 4.69) is 28.3 Å². The van der Waals surface area contributed by atoms with Gasteiger partial charge in [-0.15, -0.1) is 11.8 Å². The number of hydrogen-bond acceptors (Lipinski definition) is 5. The van der Waals surface area contributed by atoms with Crippen molar-refractivity contribution in [3.05, 3.63) is 46.5 Å². The van der Waals surface area contributed by atoms with Crippen molar-refractivity contribution >= 4 is 40.7 Å². The largest absolute Gasteiger partial charge is 0.358 e. The van der Waals surface area contributed by atoms with E-state index in [-0.39, 0.29) is 17.3 Å². The smallest absolute Gasteiger partial charge is 0.282 e. The first-order valence-electron chi connectivity index (χ1n) is 7.93. The Labute approximate surface area is 154 Å². The summed E-state index contributed by atoms with van der Waals surface area (Å²) < 4.78 is 0. The number of nitro benzene ring substituents is 1. The molecule has 1 fully saturated rings. The Balaban J connectivity index is 1.40. The molecule has 1 aromatic rings. The summed E-state index contributed by atoms with van der Waals surface area (Å²) in [5, 5.41) is 14.6. The molecule has 3 rings (SSSR count). The molecule has 1 amide bonds. The molecule has 0 aromatic heterocycles. The number of hydrazine groups is 1. The zero-order chi connectivity index (χ0) is 17.8. The third-order valence-corrected chi connectivity index (χ3v) is 5.61. The topological polar surface area (TPSA) is 96.3 Å². The van der Waals surface area contributed by atoms with Gasteiger partial charge in [0, 0.05) is 12.1 Å². The van der Waals surface area contributed by atoms with E-state index in [0.29, 0.717) is 27.9 Å². The van der Waals surface area contributed by atoms with Crippen LogP contribution in [0.4, 0.5) is 5.69 Å². The summed E-state index contributed by atoms with van der Waals surface area (Å²) in [7, 11) is 0. The first kappa shape index (κ1) is 17.7. The van der Waals surface area contributed by atoms with E-state index in [9.17, 15) is 14.9 Å². The zero-order valence-corrected chi connectivity index (χ0v) is 14.9. The second-order valence-electron chi connectivity index (χ2n) is 6.05. The van der Waals surface area contributed by atoms with Crippen LogP contribution in [0.25, 0.3) is 0 Å². The maximum Gasteiger partial charge on any atom is 0.282 e. The molecule has 0 saturated heterocycles. The highest BCUT2D eigenvalue weighted by atomic mass is 32.2. The highest BCUT2D eigenvalue weighted by Gasteiger charge is 2.35. The van der Waals surface area contributed by atoms with Gasteiger partial charge < -0.3 is 5.32 Å². The molecular formula is C16H18N4O3S2. The minimum absolute atomic E-state index is 0.00483. The second-order valence-corrected chi connectivity index (χ2v) is 7.47. The van der Waals surface area contributed by atoms with Gasteiger partial charge in [-0.05, 0) is 43.0 Å². The predicted octanol–water partition coefficient (Wildman–Crippen LogP) is 2.15. The number of nitro groups is 1. The number of thioether (sulfide) groups is 1. The maximum absolute atomic E-state index is 11.9. The molecule has 0 radical (unpaired) electrons. The van der Waals surface area contributed by atoms with Crippen molar-refractivity contribution in [1.29, 1.82) is 0 Å². The molecule has 2 aliphatic carbocycles. The van der Waals surface area contributed by atoms with Crippen molar-refractivity contribution in [2.75, 3.05) is 5.75 Å². The average molecular weight is 378 g/mol. The minimum Gasteiger partial charge on any atom is -0.358 e. The SMILES string of the molecule is O=C(CSc1ccccc1[N+](=O)[O-])NNC(=S)N[C@H]1C[C@@H]2C=C[C@@H]1C2. The molecule has 0 aliphatic heterocycles. The number of carbonyl (C=O) groups is 1. The van der Waals surface area contributed by atoms with Gasteiger partial charge in [-0.3, -0.25) is 25.8 Å². The Morgan fingerprint density at radius 3 is 2.76 bits per heavy atom. The standard InChI is InChI=1S/C16H18N4O3S2/c21-15(9-25-14-4-2-1-3-13(14)20(22)23)18-19-16(24)17-12-8-10-5-6-11(12)7-10/h1-6,10-12H,7-9H2,(H,18,21)(H2,17,19,24)/t10-,11-,12+/m1/s1. The number of para-hydroxylation sites is 1. The minimum atomic E-state index is -0.457. The lowest BCUT2D eigenvalue weighted by molar-refractivity contribution is -0.387. The molecule has 0 heterocycles. The fraction of sp³-hybridized carbons (Fsp3) is 0.375. The summed E-state index contributed by atoms with van der Waals surface area (Å²) in [5.74, 6) is 0.893. The number of amides is 1. The van der Waals surface area contributed by atoms with Crippen LogP contribution in [-0.4, -0.2) is 27.7 Å². The van der Waals surface area contributed by atoms with Crippen LogP contribution in [0, 0.1) is 22.0 Å². The van der Waals surface area contributed by atoms with Crippen molar-refractivity contribution in [3.8, 4) is 0 Å². The summed E-state index contributed by atoms with van der Waals surface area (Å²) in [6.45, 7) is 0. The highest BCUT2D eigenvalue weighted by Crippen LogP contribution is 2.38. The van der Waals surface area contributed by atoms with Gasteiger partial charge in [-0.2, -0.15) is 0 Å². The zero-order valence-electron chi connectivity index (χ0n) is 13.3. The molecular weight excluding hydrogens is 360 g/mol. The van der Waals surface area contributed by atoms with E-state index in [0.717, 1.165) is 18.2 Å². The van der Waals surface area contributed by atoms with Crippen molar-refractivity contribution in [3.63, 3.8) is 0 Å². The van der Waals surface area contributed by atoms with Crippen molar-refractivity contribution in [2.24, 2.45) is 11.8 Å². The van der Waals surface area contributed by atoms with Crippen LogP contribution in [0.15, 0.2) is 41.3 Å². The normalized spacial score (nSPS) is 23.3. The third-order valence-electron chi connectivity index (χ3n) is 4.33. The lowest BCUT2D eigenvalue weighted by Gasteiger charge is -2.21. The Kier molecular flexibility index (Phi) is 5.54. The molecule has 3 N–H and O–H groups in total. The molecule has 7 nitrogen and oxygen atoms in total. The Hall–Kier alpha value is -2.13. The number of carbonyl (C=O) groups excluding carboxylic acids is 1. The van der Waals surface area contributed by atoms with Gasteiger partial charge in [0.1, 0.15) is 0 Å². The lowest BCUT2D eigenvalue weighted by Crippen LogP contribution is -2.50. The average Bonchev–Trinajstić information content (AvgIpc) is 3.21. The fourth-order valence-corrected chi connectivity index (χ4v) is 4.21. The number of thiocarbonyl (C=S) groups is 1. The summed E-state index contributed by atoms with van der Waals surface area (Å²) in [5.41, 5.74) is 5.21. The van der Waals surface area contributed by atoms with Crippen LogP contribution in [0.2, 0.25) is 0 Å². The summed E-state index contributed by atoms with van der Waals surface area (Å²) >= 11 is 6.31. The number of fused-ring (bicyclic) bond motifs is 2. The molecule has 0 unspecified atom stereocenters. The molecule has 2 bridgehead atoms. The van der Waals surface area contributed by atoms with Gasteiger partial charge in [-0.1, -0.05) is 24.3 Å². The van der Waals surface area contributed by atoms with Crippen molar-refractivity contribution in [1.82, 2.24) is 16.2 Å². The van der Waals surface area contributed by atoms with Gasteiger partial charge >= 0.3 is 0 Å². The number of nitrogens with one attached hydrogen (secondary N) is 3. The molecule has 0 spiro atoms. The Morgan fingerprint density at radius 1 is 1.28 bits per heavy atom. The number of hydrogen-bond donors (Lipinski definition) is 3. The number of benzene rings is 1. The van der Waals surface area contributed by atoms with Gasteiger partial charge in [0.15, 0.2) is 5.11 Å². The quantitative estimate of drug-likeness (QED) is 0.237. The number of rotatable bonds is 5. The fourth-order valence-electron chi connectivity index (χ4n) is 3.19. The van der Waals surface area contributed by atoms with E-state index in [1.165, 1.54) is 12.5 Å². The van der Waals surface area contributed by atoms with Crippen LogP contribution >= 0.6 is 24.0 Å². The molecule has 25 heavy (non-hydrogen) atoms. The van der Waals surface area contributed by atoms with Gasteiger partial charge in [0.2, 0.25) is 5.91 Å². The van der Waals surface area contributed by atoms with Crippen LogP contribution in [0.5, 0.6) is 0 Å². The summed E-state index contributed by atoms with van der Waals surface area (Å²) in [6.07, 6.45) is 6.70. The van der Waals surface area contributed by atoms with Crippen molar-refractivity contribution in [2.45, 2.75) is 23.8 Å². The van der Waals surface area contributed by atoms with E-state index in [4.69, 9.17) is 12.2 Å². The number of allylic oxidation sites excluding steroid dienone is 1. The van der Waals surface area contributed by atoms with Gasteiger partial charge in [0.25, 0.3) is 5.69 Å². The first-order chi connectivity index (χ1) is 12.0. The molecule has 3 atom stereocenters. The molecule has 132 valence electrons. The van der Waals surface area contributed by atoms with Gasteiger partial charge in [-0.25, -0.2) is 0 Å². The van der Waals surface area contributed by atoms with Crippen molar-refractivity contribution < 1.29 is 9.72 Å². The van der Waals surface area contributed by atoms with Crippen LogP contribution in [0.3, 0.4) is 0 Å². The molecule has 1 saturated carbocycles. The van der Waals surface area contributed by atoms with E-state index in [1.54, 1.807) is 18.2 Å². The second kappa shape index (κ2) is 7.83. The first-order valence-corrected chi connectivity index (χ1v) is 9.32. The predicted molar refractivity (Wildman–Crippen MR) is 100.0 cm³/mol. The molecule has 9 heteroatoms. The van der Waals surface area contributed by atoms with E-state index >= 15 is 0 Å². The maximum atomic E-state index is 11.9. The van der Waals surface area contributed by atoms with Crippen LogP contribution < -0.4 is 16.2 Å². The van der Waals surface area contributed by atoms with Crippen LogP contribution in [-0.2, 0) is 4.79 Å². The lowest BCUT2D eigenvalue weighted by atomic mass is 10.0. The van der Waals surface area contributed by atoms with E-state index in [1.807, 2.05) is 0 Å². The van der Waals surface area contributed by atoms with Gasteiger partial charge in [0.05, 0.1) is 15.6 Å². The summed E-state index contributed by atoms with van der Waals surface area (Å²) in [6, 6.07) is 6.65. The monoisotopic (exact) mass is 378 g/mol. The summed E-state index contributed by atoms with van der Waals surface area (Å²) in [4.78, 5) is 22.9. The Bertz CT molecular complexity index is 725.